The second-order valence-electron chi connectivity index (χ2n) is 4.89. The molecule has 0 bridgehead atoms. The average Bonchev–Trinajstić information content (AvgIpc) is 2.35. The van der Waals surface area contributed by atoms with Gasteiger partial charge in [-0.25, -0.2) is 8.42 Å². The van der Waals surface area contributed by atoms with Crippen molar-refractivity contribution in [1.82, 2.24) is 4.72 Å². The van der Waals surface area contributed by atoms with Gasteiger partial charge in [-0.2, -0.15) is 4.72 Å². The first kappa shape index (κ1) is 17.1. The highest BCUT2D eigenvalue weighted by atomic mass is 32.2. The Bertz CT molecular complexity index is 622. The molecule has 0 heterocycles. The predicted molar refractivity (Wildman–Crippen MR) is 77.3 cm³/mol. The normalized spacial score (nSPS) is 13.0. The number of hydrogen-bond donors (Lipinski definition) is 3. The molecule has 0 aliphatic heterocycles. The van der Waals surface area contributed by atoms with Crippen molar-refractivity contribution in [3.05, 3.63) is 24.3 Å². The summed E-state index contributed by atoms with van der Waals surface area (Å²) in [6.45, 7) is 4.56. The van der Waals surface area contributed by atoms with E-state index in [0.717, 1.165) is 0 Å². The van der Waals surface area contributed by atoms with Crippen molar-refractivity contribution in [1.29, 1.82) is 0 Å². The minimum atomic E-state index is -3.94. The van der Waals surface area contributed by atoms with Crippen LogP contribution in [0.25, 0.3) is 0 Å². The lowest BCUT2D eigenvalue weighted by atomic mass is 10.1. The van der Waals surface area contributed by atoms with Crippen LogP contribution in [0.15, 0.2) is 29.2 Å². The lowest BCUT2D eigenvalue weighted by Crippen LogP contribution is -2.44. The lowest BCUT2D eigenvalue weighted by Gasteiger charge is -2.18. The average molecular weight is 314 g/mol. The summed E-state index contributed by atoms with van der Waals surface area (Å²) in [4.78, 5) is 21.9. The Hall–Kier alpha value is -1.93. The minimum absolute atomic E-state index is 0.0662. The van der Waals surface area contributed by atoms with E-state index >= 15 is 0 Å². The van der Waals surface area contributed by atoms with Gasteiger partial charge in [0.1, 0.15) is 6.04 Å². The van der Waals surface area contributed by atoms with E-state index in [9.17, 15) is 18.0 Å². The Balaban J connectivity index is 2.97. The molecule has 1 aromatic carbocycles. The van der Waals surface area contributed by atoms with Gasteiger partial charge in [0, 0.05) is 12.6 Å². The number of nitrogens with one attached hydrogen (secondary N) is 2. The number of aliphatic carboxylic acids is 1. The molecule has 0 radical (unpaired) electrons. The third-order valence-electron chi connectivity index (χ3n) is 2.70. The molecule has 0 spiro atoms. The van der Waals surface area contributed by atoms with Crippen LogP contribution in [0.2, 0.25) is 0 Å². The van der Waals surface area contributed by atoms with Gasteiger partial charge in [-0.1, -0.05) is 13.8 Å². The SMILES string of the molecule is CC(=O)Nc1ccc(S(=O)(=O)N[C@H](C(=O)O)C(C)C)cc1. The molecule has 3 N–H and O–H groups in total. The molecule has 21 heavy (non-hydrogen) atoms. The van der Waals surface area contributed by atoms with Gasteiger partial charge in [0.15, 0.2) is 0 Å². The Labute approximate surface area is 123 Å². The van der Waals surface area contributed by atoms with Crippen molar-refractivity contribution in [2.24, 2.45) is 5.92 Å². The van der Waals surface area contributed by atoms with Crippen molar-refractivity contribution in [3.8, 4) is 0 Å². The van der Waals surface area contributed by atoms with Crippen molar-refractivity contribution < 1.29 is 23.1 Å². The fourth-order valence-corrected chi connectivity index (χ4v) is 2.97. The quantitative estimate of drug-likeness (QED) is 0.726. The fraction of sp³-hybridized carbons (Fsp3) is 0.385. The van der Waals surface area contributed by atoms with E-state index < -0.39 is 28.0 Å². The van der Waals surface area contributed by atoms with Gasteiger partial charge in [-0.15, -0.1) is 0 Å². The number of anilines is 1. The number of carboxylic acid groups (broad SMARTS) is 1. The second kappa shape index (κ2) is 6.68. The van der Waals surface area contributed by atoms with E-state index in [1.807, 2.05) is 0 Å². The molecule has 1 atom stereocenters. The first-order chi connectivity index (χ1) is 9.63. The van der Waals surface area contributed by atoms with Gasteiger partial charge >= 0.3 is 5.97 Å². The molecule has 0 aromatic heterocycles. The van der Waals surface area contributed by atoms with Crippen molar-refractivity contribution >= 4 is 27.6 Å². The molecule has 116 valence electrons. The molecule has 0 aliphatic rings. The zero-order valence-corrected chi connectivity index (χ0v) is 12.8. The van der Waals surface area contributed by atoms with Gasteiger partial charge in [-0.3, -0.25) is 9.59 Å². The van der Waals surface area contributed by atoms with Gasteiger partial charge in [0.2, 0.25) is 15.9 Å². The number of sulfonamides is 1. The Morgan fingerprint density at radius 1 is 1.14 bits per heavy atom. The van der Waals surface area contributed by atoms with Crippen LogP contribution in [-0.2, 0) is 19.6 Å². The van der Waals surface area contributed by atoms with Crippen molar-refractivity contribution in [2.45, 2.75) is 31.7 Å². The summed E-state index contributed by atoms with van der Waals surface area (Å²) < 4.78 is 26.4. The first-order valence-corrected chi connectivity index (χ1v) is 7.74. The molecule has 0 saturated carbocycles. The van der Waals surface area contributed by atoms with Crippen molar-refractivity contribution in [3.63, 3.8) is 0 Å². The van der Waals surface area contributed by atoms with E-state index in [0.29, 0.717) is 5.69 Å². The van der Waals surface area contributed by atoms with Gasteiger partial charge < -0.3 is 10.4 Å². The summed E-state index contributed by atoms with van der Waals surface area (Å²) in [6.07, 6.45) is 0. The molecular weight excluding hydrogens is 296 g/mol. The summed E-state index contributed by atoms with van der Waals surface area (Å²) in [5.41, 5.74) is 0.458. The summed E-state index contributed by atoms with van der Waals surface area (Å²) in [5.74, 6) is -1.89. The van der Waals surface area contributed by atoms with E-state index in [-0.39, 0.29) is 10.8 Å². The van der Waals surface area contributed by atoms with Crippen LogP contribution in [0, 0.1) is 5.92 Å². The molecule has 1 aromatic rings. The summed E-state index contributed by atoms with van der Waals surface area (Å²) in [7, 11) is -3.94. The van der Waals surface area contributed by atoms with Crippen LogP contribution in [0.3, 0.4) is 0 Å². The van der Waals surface area contributed by atoms with Gasteiger partial charge in [0.25, 0.3) is 0 Å². The first-order valence-electron chi connectivity index (χ1n) is 6.26. The van der Waals surface area contributed by atoms with E-state index in [1.54, 1.807) is 13.8 Å². The van der Waals surface area contributed by atoms with Crippen LogP contribution in [-0.4, -0.2) is 31.4 Å². The number of carboxylic acids is 1. The molecule has 0 unspecified atom stereocenters. The van der Waals surface area contributed by atoms with E-state index in [2.05, 4.69) is 10.0 Å². The number of hydrogen-bond acceptors (Lipinski definition) is 4. The summed E-state index contributed by atoms with van der Waals surface area (Å²) in [5, 5.41) is 11.5. The van der Waals surface area contributed by atoms with Crippen LogP contribution in [0.5, 0.6) is 0 Å². The molecular formula is C13H18N2O5S. The third kappa shape index (κ3) is 4.83. The Kier molecular flexibility index (Phi) is 5.45. The predicted octanol–water partition coefficient (Wildman–Crippen LogP) is 1.03. The maximum absolute atomic E-state index is 12.1. The highest BCUT2D eigenvalue weighted by molar-refractivity contribution is 7.89. The molecule has 0 saturated heterocycles. The minimum Gasteiger partial charge on any atom is -0.480 e. The highest BCUT2D eigenvalue weighted by Gasteiger charge is 2.27. The van der Waals surface area contributed by atoms with Crippen LogP contribution < -0.4 is 10.0 Å². The standard InChI is InChI=1S/C13H18N2O5S/c1-8(2)12(13(17)18)15-21(19,20)11-6-4-10(5-7-11)14-9(3)16/h4-8,12,15H,1-3H3,(H,14,16)(H,17,18)/t12-/m0/s1. The smallest absolute Gasteiger partial charge is 0.322 e. The molecule has 1 amide bonds. The van der Waals surface area contributed by atoms with E-state index in [4.69, 9.17) is 5.11 Å². The van der Waals surface area contributed by atoms with E-state index in [1.165, 1.54) is 31.2 Å². The van der Waals surface area contributed by atoms with Gasteiger partial charge in [-0.05, 0) is 30.2 Å². The zero-order valence-electron chi connectivity index (χ0n) is 12.0. The molecule has 0 aliphatic carbocycles. The van der Waals surface area contributed by atoms with Crippen molar-refractivity contribution in [2.75, 3.05) is 5.32 Å². The maximum Gasteiger partial charge on any atom is 0.322 e. The molecule has 0 fully saturated rings. The topological polar surface area (TPSA) is 113 Å². The number of rotatable bonds is 6. The fourth-order valence-electron chi connectivity index (χ4n) is 1.63. The number of benzene rings is 1. The summed E-state index contributed by atoms with van der Waals surface area (Å²) >= 11 is 0. The monoisotopic (exact) mass is 314 g/mol. The second-order valence-corrected chi connectivity index (χ2v) is 6.60. The van der Waals surface area contributed by atoms with Crippen LogP contribution >= 0.6 is 0 Å². The highest BCUT2D eigenvalue weighted by Crippen LogP contribution is 2.15. The largest absolute Gasteiger partial charge is 0.480 e. The maximum atomic E-state index is 12.1. The lowest BCUT2D eigenvalue weighted by molar-refractivity contribution is -0.140. The van der Waals surface area contributed by atoms with Gasteiger partial charge in [0.05, 0.1) is 4.90 Å². The molecule has 1 rings (SSSR count). The van der Waals surface area contributed by atoms with Crippen LogP contribution in [0.1, 0.15) is 20.8 Å². The third-order valence-corrected chi connectivity index (χ3v) is 4.16. The zero-order chi connectivity index (χ0) is 16.2. The number of amides is 1. The molecule has 8 heteroatoms. The summed E-state index contributed by atoms with van der Waals surface area (Å²) in [6, 6.07) is 4.26. The Morgan fingerprint density at radius 2 is 1.67 bits per heavy atom. The number of carbonyl (C=O) groups is 2. The van der Waals surface area contributed by atoms with Crippen LogP contribution in [0.4, 0.5) is 5.69 Å². The number of carbonyl (C=O) groups excluding carboxylic acids is 1. The Morgan fingerprint density at radius 3 is 2.05 bits per heavy atom. The molecule has 7 nitrogen and oxygen atoms in total.